The molecule has 4 rings (SSSR count). The second-order valence-corrected chi connectivity index (χ2v) is 8.94. The van der Waals surface area contributed by atoms with Crippen LogP contribution in [0.4, 0.5) is 0 Å². The smallest absolute Gasteiger partial charge is 0.0577 e. The van der Waals surface area contributed by atoms with Gasteiger partial charge in [0.1, 0.15) is 0 Å². The summed E-state index contributed by atoms with van der Waals surface area (Å²) in [7, 11) is 0. The molecule has 0 aromatic heterocycles. The van der Waals surface area contributed by atoms with Crippen molar-refractivity contribution in [3.63, 3.8) is 0 Å². The maximum Gasteiger partial charge on any atom is 0.0577 e. The molecule has 0 aromatic rings. The van der Waals surface area contributed by atoms with E-state index in [-0.39, 0.29) is 12.2 Å². The Bertz CT molecular complexity index is 470. The normalized spacial score (nSPS) is 56.2. The van der Waals surface area contributed by atoms with Crippen LogP contribution in [-0.2, 0) is 0 Å². The lowest BCUT2D eigenvalue weighted by Crippen LogP contribution is -2.49. The lowest BCUT2D eigenvalue weighted by molar-refractivity contribution is -0.0360. The van der Waals surface area contributed by atoms with Crippen LogP contribution in [0.15, 0.2) is 11.6 Å². The third-order valence-corrected chi connectivity index (χ3v) is 7.82. The highest BCUT2D eigenvalue weighted by molar-refractivity contribution is 5.25. The molecular weight excluding hydrogens is 260 g/mol. The SMILES string of the molecule is CC12CCC3C(CC=C4CC(O)CCC43C)C1CC(O)C2. The number of aliphatic hydroxyl groups is 2. The summed E-state index contributed by atoms with van der Waals surface area (Å²) in [5.74, 6) is 2.27. The minimum atomic E-state index is -0.108. The van der Waals surface area contributed by atoms with Crippen LogP contribution in [0.5, 0.6) is 0 Å². The standard InChI is InChI=1S/C19H30O2/c1-18-7-6-16-15(17(18)10-14(21)11-18)4-3-12-9-13(20)5-8-19(12,16)2/h3,13-17,20-21H,4-11H2,1-2H3. The van der Waals surface area contributed by atoms with Gasteiger partial charge in [-0.1, -0.05) is 25.5 Å². The summed E-state index contributed by atoms with van der Waals surface area (Å²) < 4.78 is 0. The summed E-state index contributed by atoms with van der Waals surface area (Å²) in [5, 5.41) is 20.2. The molecule has 4 aliphatic rings. The summed E-state index contributed by atoms with van der Waals surface area (Å²) in [6.07, 6.45) is 11.2. The Balaban J connectivity index is 1.67. The first-order chi connectivity index (χ1) is 9.92. The summed E-state index contributed by atoms with van der Waals surface area (Å²) in [5.41, 5.74) is 2.26. The number of aliphatic hydroxyl groups excluding tert-OH is 2. The molecule has 0 aliphatic heterocycles. The maximum atomic E-state index is 10.2. The molecule has 0 aromatic carbocycles. The molecule has 2 heteroatoms. The van der Waals surface area contributed by atoms with Gasteiger partial charge in [0.15, 0.2) is 0 Å². The van der Waals surface area contributed by atoms with Crippen LogP contribution < -0.4 is 0 Å². The van der Waals surface area contributed by atoms with Crippen molar-refractivity contribution in [2.45, 2.75) is 77.4 Å². The minimum Gasteiger partial charge on any atom is -0.393 e. The van der Waals surface area contributed by atoms with Crippen LogP contribution in [0, 0.1) is 28.6 Å². The van der Waals surface area contributed by atoms with Gasteiger partial charge >= 0.3 is 0 Å². The summed E-state index contributed by atoms with van der Waals surface area (Å²) in [6.45, 7) is 4.89. The third kappa shape index (κ3) is 1.98. The van der Waals surface area contributed by atoms with Crippen molar-refractivity contribution in [2.24, 2.45) is 28.6 Å². The van der Waals surface area contributed by atoms with Gasteiger partial charge in [0.2, 0.25) is 0 Å². The highest BCUT2D eigenvalue weighted by atomic mass is 16.3. The molecule has 0 saturated heterocycles. The van der Waals surface area contributed by atoms with Crippen molar-refractivity contribution < 1.29 is 10.2 Å². The van der Waals surface area contributed by atoms with Gasteiger partial charge in [0.05, 0.1) is 12.2 Å². The molecule has 0 spiro atoms. The van der Waals surface area contributed by atoms with Gasteiger partial charge in [0.25, 0.3) is 0 Å². The fourth-order valence-corrected chi connectivity index (χ4v) is 6.66. The quantitative estimate of drug-likeness (QED) is 0.668. The second-order valence-electron chi connectivity index (χ2n) is 8.94. The fourth-order valence-electron chi connectivity index (χ4n) is 6.66. The Kier molecular flexibility index (Phi) is 3.11. The van der Waals surface area contributed by atoms with Crippen molar-refractivity contribution in [1.82, 2.24) is 0 Å². The number of rotatable bonds is 0. The van der Waals surface area contributed by atoms with E-state index < -0.39 is 0 Å². The Morgan fingerprint density at radius 2 is 1.86 bits per heavy atom. The van der Waals surface area contributed by atoms with Crippen molar-refractivity contribution in [3.05, 3.63) is 11.6 Å². The van der Waals surface area contributed by atoms with Gasteiger partial charge in [-0.2, -0.15) is 0 Å². The number of fused-ring (bicyclic) bond motifs is 5. The molecule has 4 aliphatic carbocycles. The van der Waals surface area contributed by atoms with Gasteiger partial charge < -0.3 is 10.2 Å². The third-order valence-electron chi connectivity index (χ3n) is 7.82. The average molecular weight is 290 g/mol. The van der Waals surface area contributed by atoms with Crippen LogP contribution >= 0.6 is 0 Å². The molecule has 3 fully saturated rings. The molecule has 7 atom stereocenters. The molecule has 0 bridgehead atoms. The van der Waals surface area contributed by atoms with Crippen molar-refractivity contribution in [3.8, 4) is 0 Å². The van der Waals surface area contributed by atoms with Crippen molar-refractivity contribution in [1.29, 1.82) is 0 Å². The first kappa shape index (κ1) is 14.3. The van der Waals surface area contributed by atoms with E-state index in [1.165, 1.54) is 19.3 Å². The van der Waals surface area contributed by atoms with E-state index in [4.69, 9.17) is 0 Å². The zero-order valence-corrected chi connectivity index (χ0v) is 13.5. The highest BCUT2D eigenvalue weighted by Gasteiger charge is 2.57. The Morgan fingerprint density at radius 3 is 2.67 bits per heavy atom. The Labute approximate surface area is 128 Å². The second kappa shape index (κ2) is 4.58. The molecular formula is C19H30O2. The molecule has 0 radical (unpaired) electrons. The average Bonchev–Trinajstić information content (AvgIpc) is 2.74. The minimum absolute atomic E-state index is 0.0647. The molecule has 0 amide bonds. The first-order valence-corrected chi connectivity index (χ1v) is 8.98. The predicted octanol–water partition coefficient (Wildman–Crippen LogP) is 3.67. The monoisotopic (exact) mass is 290 g/mol. The zero-order chi connectivity index (χ0) is 14.8. The molecule has 0 heterocycles. The first-order valence-electron chi connectivity index (χ1n) is 8.98. The van der Waals surface area contributed by atoms with Gasteiger partial charge in [-0.15, -0.1) is 0 Å². The molecule has 3 saturated carbocycles. The van der Waals surface area contributed by atoms with Gasteiger partial charge in [-0.05, 0) is 80.0 Å². The van der Waals surface area contributed by atoms with Gasteiger partial charge in [-0.25, -0.2) is 0 Å². The summed E-state index contributed by atoms with van der Waals surface area (Å²) in [4.78, 5) is 0. The van der Waals surface area contributed by atoms with Crippen LogP contribution in [-0.4, -0.2) is 22.4 Å². The number of allylic oxidation sites excluding steroid dienone is 1. The largest absolute Gasteiger partial charge is 0.393 e. The van der Waals surface area contributed by atoms with Crippen molar-refractivity contribution >= 4 is 0 Å². The lowest BCUT2D eigenvalue weighted by atomic mass is 9.48. The summed E-state index contributed by atoms with van der Waals surface area (Å²) in [6, 6.07) is 0. The molecule has 7 unspecified atom stereocenters. The van der Waals surface area contributed by atoms with Crippen LogP contribution in [0.3, 0.4) is 0 Å². The van der Waals surface area contributed by atoms with Crippen molar-refractivity contribution in [2.75, 3.05) is 0 Å². The number of hydrogen-bond donors (Lipinski definition) is 2. The van der Waals surface area contributed by atoms with E-state index in [1.54, 1.807) is 5.57 Å². The van der Waals surface area contributed by atoms with Gasteiger partial charge in [-0.3, -0.25) is 0 Å². The van der Waals surface area contributed by atoms with E-state index in [1.807, 2.05) is 0 Å². The highest BCUT2D eigenvalue weighted by Crippen LogP contribution is 2.64. The van der Waals surface area contributed by atoms with Gasteiger partial charge in [0, 0.05) is 0 Å². The zero-order valence-electron chi connectivity index (χ0n) is 13.5. The van der Waals surface area contributed by atoms with E-state index in [0.717, 1.165) is 43.9 Å². The maximum absolute atomic E-state index is 10.2. The molecule has 2 N–H and O–H groups in total. The molecule has 118 valence electrons. The Hall–Kier alpha value is -0.340. The Morgan fingerprint density at radius 1 is 1.05 bits per heavy atom. The fraction of sp³-hybridized carbons (Fsp3) is 0.895. The number of hydrogen-bond acceptors (Lipinski definition) is 2. The lowest BCUT2D eigenvalue weighted by Gasteiger charge is -2.57. The van der Waals surface area contributed by atoms with E-state index in [9.17, 15) is 10.2 Å². The van der Waals surface area contributed by atoms with E-state index >= 15 is 0 Å². The van der Waals surface area contributed by atoms with E-state index in [0.29, 0.717) is 16.7 Å². The van der Waals surface area contributed by atoms with Crippen LogP contribution in [0.1, 0.15) is 65.2 Å². The molecule has 21 heavy (non-hydrogen) atoms. The van der Waals surface area contributed by atoms with E-state index in [2.05, 4.69) is 19.9 Å². The molecule has 2 nitrogen and oxygen atoms in total. The summed E-state index contributed by atoms with van der Waals surface area (Å²) >= 11 is 0. The van der Waals surface area contributed by atoms with Crippen LogP contribution in [0.25, 0.3) is 0 Å². The predicted molar refractivity (Wildman–Crippen MR) is 83.7 cm³/mol. The topological polar surface area (TPSA) is 40.5 Å². The van der Waals surface area contributed by atoms with Crippen LogP contribution in [0.2, 0.25) is 0 Å².